The summed E-state index contributed by atoms with van der Waals surface area (Å²) in [5, 5.41) is 0. The first-order valence-electron chi connectivity index (χ1n) is 3.64. The largest absolute Gasteiger partial charge is 0.325 e. The number of aromatic nitrogens is 1. The first kappa shape index (κ1) is 15.9. The van der Waals surface area contributed by atoms with E-state index in [1.807, 2.05) is 0 Å². The Hall–Kier alpha value is 1.80. The number of hydrogen-bond acceptors (Lipinski definition) is 6. The third-order valence-corrected chi connectivity index (χ3v) is 4.30. The van der Waals surface area contributed by atoms with E-state index in [4.69, 9.17) is 0 Å². The highest BCUT2D eigenvalue weighted by Crippen LogP contribution is 2.43. The molecule has 5 N–H and O–H groups in total. The van der Waals surface area contributed by atoms with Crippen molar-refractivity contribution >= 4 is 143 Å². The van der Waals surface area contributed by atoms with Crippen LogP contribution in [-0.2, 0) is 0 Å². The molecule has 0 amide bonds. The summed E-state index contributed by atoms with van der Waals surface area (Å²) in [6.45, 7) is 0. The Kier molecular flexibility index (Phi) is 8.00. The number of pyridine rings is 1. The lowest BCUT2D eigenvalue weighted by Gasteiger charge is -2.17. The minimum absolute atomic E-state index is 0.767. The lowest BCUT2D eigenvalue weighted by molar-refractivity contribution is 1.36. The van der Waals surface area contributed by atoms with Crippen molar-refractivity contribution in [2.45, 2.75) is 0 Å². The van der Waals surface area contributed by atoms with Crippen molar-refractivity contribution in [3.8, 4) is 0 Å². The van der Waals surface area contributed by atoms with Gasteiger partial charge in [-0.3, -0.25) is 0 Å². The van der Waals surface area contributed by atoms with Gasteiger partial charge >= 0.3 is 0 Å². The molecule has 1 heterocycles. The highest BCUT2D eigenvalue weighted by Gasteiger charge is 2.17. The molecule has 0 fully saturated rings. The molecular formula is C5H5I5N6. The molecule has 0 saturated carbocycles. The highest BCUT2D eigenvalue weighted by molar-refractivity contribution is 14.1. The van der Waals surface area contributed by atoms with Crippen LogP contribution in [0.1, 0.15) is 0 Å². The SMILES string of the molecule is INc1nc(NI)c(NI)c(NI)c1NI. The summed E-state index contributed by atoms with van der Waals surface area (Å²) in [6.07, 6.45) is 0. The second-order valence-electron chi connectivity index (χ2n) is 2.41. The number of halogens is 5. The minimum Gasteiger partial charge on any atom is -0.325 e. The van der Waals surface area contributed by atoms with Crippen LogP contribution in [0.5, 0.6) is 0 Å². The van der Waals surface area contributed by atoms with Crippen LogP contribution in [0.3, 0.4) is 0 Å². The second kappa shape index (κ2) is 8.07. The van der Waals surface area contributed by atoms with Crippen molar-refractivity contribution in [3.63, 3.8) is 0 Å². The van der Waals surface area contributed by atoms with Crippen molar-refractivity contribution in [1.29, 1.82) is 0 Å². The lowest BCUT2D eigenvalue weighted by Crippen LogP contribution is -2.02. The zero-order chi connectivity index (χ0) is 12.1. The van der Waals surface area contributed by atoms with Gasteiger partial charge in [0.05, 0.1) is 120 Å². The maximum absolute atomic E-state index is 4.44. The first-order valence-corrected chi connectivity index (χ1v) is 9.04. The van der Waals surface area contributed by atoms with Gasteiger partial charge in [-0.05, 0) is 0 Å². The zero-order valence-corrected chi connectivity index (χ0v) is 18.1. The van der Waals surface area contributed by atoms with Crippen molar-refractivity contribution < 1.29 is 0 Å². The highest BCUT2D eigenvalue weighted by atomic mass is 127. The summed E-state index contributed by atoms with van der Waals surface area (Å²) in [6, 6.07) is 0. The Balaban J connectivity index is 3.47. The van der Waals surface area contributed by atoms with Gasteiger partial charge in [-0.1, -0.05) is 0 Å². The van der Waals surface area contributed by atoms with Crippen molar-refractivity contribution in [2.24, 2.45) is 0 Å². The summed E-state index contributed by atoms with van der Waals surface area (Å²) in [5.41, 5.74) is 2.75. The maximum atomic E-state index is 4.44. The molecule has 0 aliphatic heterocycles. The van der Waals surface area contributed by atoms with Crippen LogP contribution in [0.2, 0.25) is 0 Å². The monoisotopic (exact) mass is 784 g/mol. The van der Waals surface area contributed by atoms with Gasteiger partial charge in [0.2, 0.25) is 0 Å². The topological polar surface area (TPSA) is 73.0 Å². The van der Waals surface area contributed by atoms with Crippen LogP contribution in [0, 0.1) is 0 Å². The smallest absolute Gasteiger partial charge is 0.163 e. The summed E-state index contributed by atoms with van der Waals surface area (Å²) in [4.78, 5) is 4.44. The minimum atomic E-state index is 0.767. The van der Waals surface area contributed by atoms with E-state index in [1.165, 1.54) is 0 Å². The summed E-state index contributed by atoms with van der Waals surface area (Å²) < 4.78 is 15.4. The predicted octanol–water partition coefficient (Wildman–Crippen LogP) is 4.89. The van der Waals surface area contributed by atoms with Crippen LogP contribution in [0.15, 0.2) is 0 Å². The molecule has 0 atom stereocenters. The van der Waals surface area contributed by atoms with E-state index in [0.29, 0.717) is 0 Å². The van der Waals surface area contributed by atoms with Gasteiger partial charge < -0.3 is 17.7 Å². The van der Waals surface area contributed by atoms with Crippen LogP contribution >= 0.6 is 114 Å². The van der Waals surface area contributed by atoms with E-state index in [1.54, 1.807) is 0 Å². The molecule has 0 aromatic carbocycles. The average molecular weight is 784 g/mol. The Morgan fingerprint density at radius 1 is 0.562 bits per heavy atom. The van der Waals surface area contributed by atoms with Gasteiger partial charge in [-0.15, -0.1) is 0 Å². The Bertz CT molecular complexity index is 343. The van der Waals surface area contributed by atoms with Crippen molar-refractivity contribution in [3.05, 3.63) is 0 Å². The molecule has 1 aromatic rings. The summed E-state index contributed by atoms with van der Waals surface area (Å²) >= 11 is 10.4. The third kappa shape index (κ3) is 3.42. The van der Waals surface area contributed by atoms with Crippen LogP contribution in [0.25, 0.3) is 0 Å². The van der Waals surface area contributed by atoms with E-state index in [0.717, 1.165) is 28.7 Å². The van der Waals surface area contributed by atoms with E-state index in [-0.39, 0.29) is 0 Å². The molecule has 0 spiro atoms. The molecule has 0 bridgehead atoms. The van der Waals surface area contributed by atoms with Crippen molar-refractivity contribution in [1.82, 2.24) is 4.98 Å². The number of rotatable bonds is 5. The Labute approximate surface area is 162 Å². The third-order valence-electron chi connectivity index (χ3n) is 1.66. The fourth-order valence-corrected chi connectivity index (χ4v) is 3.37. The molecule has 0 unspecified atom stereocenters. The molecule has 0 saturated heterocycles. The molecule has 1 aromatic heterocycles. The first-order chi connectivity index (χ1) is 7.73. The quantitative estimate of drug-likeness (QED) is 0.217. The van der Waals surface area contributed by atoms with Crippen LogP contribution in [-0.4, -0.2) is 4.98 Å². The molecule has 16 heavy (non-hydrogen) atoms. The molecule has 90 valence electrons. The number of hydrogen-bond donors (Lipinski definition) is 5. The molecule has 0 radical (unpaired) electrons. The molecule has 11 heteroatoms. The summed E-state index contributed by atoms with van der Waals surface area (Å²) in [7, 11) is 0. The molecular weight excluding hydrogens is 779 g/mol. The zero-order valence-electron chi connectivity index (χ0n) is 7.34. The van der Waals surface area contributed by atoms with Crippen LogP contribution < -0.4 is 17.7 Å². The molecule has 1 rings (SSSR count). The van der Waals surface area contributed by atoms with E-state index in [9.17, 15) is 0 Å². The van der Waals surface area contributed by atoms with Gasteiger partial charge in [0.1, 0.15) is 11.4 Å². The lowest BCUT2D eigenvalue weighted by atomic mass is 10.3. The molecule has 0 aliphatic carbocycles. The summed E-state index contributed by atoms with van der Waals surface area (Å²) in [5.74, 6) is 1.53. The van der Waals surface area contributed by atoms with Gasteiger partial charge in [0.15, 0.2) is 11.6 Å². The van der Waals surface area contributed by atoms with Gasteiger partial charge in [-0.2, -0.15) is 0 Å². The predicted molar refractivity (Wildman–Crippen MR) is 112 cm³/mol. The fourth-order valence-electron chi connectivity index (χ4n) is 1.00. The van der Waals surface area contributed by atoms with E-state index in [2.05, 4.69) is 137 Å². The average Bonchev–Trinajstić information content (AvgIpc) is 2.35. The van der Waals surface area contributed by atoms with E-state index >= 15 is 0 Å². The second-order valence-corrected chi connectivity index (χ2v) is 5.10. The van der Waals surface area contributed by atoms with Gasteiger partial charge in [0, 0.05) is 0 Å². The number of anilines is 5. The van der Waals surface area contributed by atoms with Gasteiger partial charge in [-0.25, -0.2) is 4.98 Å². The van der Waals surface area contributed by atoms with Crippen molar-refractivity contribution in [2.75, 3.05) is 17.7 Å². The van der Waals surface area contributed by atoms with E-state index < -0.39 is 0 Å². The number of nitrogens with zero attached hydrogens (tertiary/aromatic N) is 1. The van der Waals surface area contributed by atoms with Gasteiger partial charge in [0.25, 0.3) is 0 Å². The molecule has 0 aliphatic rings. The Morgan fingerprint density at radius 2 is 0.938 bits per heavy atom. The number of nitrogens with one attached hydrogen (secondary N) is 5. The normalized spacial score (nSPS) is 9.56. The fraction of sp³-hybridized carbons (Fsp3) is 0. The maximum Gasteiger partial charge on any atom is 0.163 e. The Morgan fingerprint density at radius 3 is 1.19 bits per heavy atom. The van der Waals surface area contributed by atoms with Crippen LogP contribution in [0.4, 0.5) is 28.7 Å². The molecule has 6 nitrogen and oxygen atoms in total. The standard InChI is InChI=1S/C5H5I5N6/c6-12-1-2(13-7)4(15-9)11-5(16-10)3(1)14-8/h13-14H,(H3,11,12,15,16).